The zero-order valence-electron chi connectivity index (χ0n) is 13.6. The molecular formula is C16H20F2IrN3O2-5. The molecular weight excluding hydrogens is 496 g/mol. The van der Waals surface area contributed by atoms with Crippen molar-refractivity contribution in [2.75, 3.05) is 6.61 Å². The number of aromatic nitrogens is 1. The molecule has 4 N–H and O–H groups in total. The molecule has 2 rings (SSSR count). The Bertz CT molecular complexity index is 614. The summed E-state index contributed by atoms with van der Waals surface area (Å²) in [5.41, 5.74) is -0.517. The van der Waals surface area contributed by atoms with E-state index in [4.69, 9.17) is 0 Å². The summed E-state index contributed by atoms with van der Waals surface area (Å²) < 4.78 is 32.3. The smallest absolute Gasteiger partial charge is 0.325 e. The maximum Gasteiger partial charge on any atom is 0.325 e. The summed E-state index contributed by atoms with van der Waals surface area (Å²) in [7, 11) is 0. The number of hydrogen-bond acceptors (Lipinski definition) is 3. The second kappa shape index (κ2) is 13.7. The first kappa shape index (κ1) is 30.2. The molecule has 5 nitrogen and oxygen atoms in total. The van der Waals surface area contributed by atoms with E-state index >= 15 is 0 Å². The molecule has 8 heteroatoms. The zero-order chi connectivity index (χ0) is 13.8. The van der Waals surface area contributed by atoms with Gasteiger partial charge in [0.2, 0.25) is 0 Å². The Labute approximate surface area is 155 Å². The largest absolute Gasteiger partial charge is 0.693 e. The van der Waals surface area contributed by atoms with E-state index in [1.165, 1.54) is 6.20 Å². The molecule has 1 heterocycles. The van der Waals surface area contributed by atoms with Crippen LogP contribution in [-0.4, -0.2) is 17.6 Å². The van der Waals surface area contributed by atoms with Crippen LogP contribution >= 0.6 is 0 Å². The van der Waals surface area contributed by atoms with Crippen LogP contribution in [0, 0.1) is 32.6 Å². The third kappa shape index (κ3) is 6.41. The number of nitrogens with zero attached hydrogens (tertiary/aromatic N) is 1. The van der Waals surface area contributed by atoms with Gasteiger partial charge in [-0.3, -0.25) is 8.78 Å². The van der Waals surface area contributed by atoms with E-state index < -0.39 is 23.2 Å². The van der Waals surface area contributed by atoms with Gasteiger partial charge < -0.3 is 36.9 Å². The monoisotopic (exact) mass is 517 g/mol. The van der Waals surface area contributed by atoms with E-state index in [0.29, 0.717) is 0 Å². The molecule has 0 spiro atoms. The topological polar surface area (TPSA) is 106 Å². The molecule has 0 bridgehead atoms. The minimum atomic E-state index is -1.04. The van der Waals surface area contributed by atoms with Crippen LogP contribution in [0.4, 0.5) is 8.78 Å². The Morgan fingerprint density at radius 2 is 1.88 bits per heavy atom. The van der Waals surface area contributed by atoms with Gasteiger partial charge in [0.05, 0.1) is 18.2 Å². The fraction of sp³-hybridized carbons (Fsp3) is 0.125. The second-order valence-electron chi connectivity index (χ2n) is 3.64. The maximum atomic E-state index is 14.2. The average molecular weight is 517 g/mol. The molecule has 0 fully saturated rings. The summed E-state index contributed by atoms with van der Waals surface area (Å²) in [5.74, 6) is -3.06. The van der Waals surface area contributed by atoms with Crippen molar-refractivity contribution in [3.63, 3.8) is 0 Å². The van der Waals surface area contributed by atoms with E-state index in [1.54, 1.807) is 25.1 Å². The minimum Gasteiger partial charge on any atom is -0.693 e. The summed E-state index contributed by atoms with van der Waals surface area (Å²) in [6.07, 6.45) is 1.47. The van der Waals surface area contributed by atoms with Gasteiger partial charge in [-0.1, -0.05) is 17.7 Å². The van der Waals surface area contributed by atoms with E-state index in [9.17, 15) is 13.6 Å². The molecule has 0 unspecified atom stereocenters. The van der Waals surface area contributed by atoms with Crippen LogP contribution in [0.1, 0.15) is 17.3 Å². The molecule has 0 saturated carbocycles. The second-order valence-corrected chi connectivity index (χ2v) is 3.64. The average Bonchev–Trinajstić information content (AvgIpc) is 2.40. The first-order valence-corrected chi connectivity index (χ1v) is 5.63. The standard InChI is InChI=1S/C14H10F2NO2.2CH3.Ir.2H2N/c1-2-19-14(18)12-10(15)7-6-9(13(12)16)11-5-3-4-8-17-11;;;;;/h3-5,7-8H,2H2,1H3;2*1H3;;2*1H2/q3*-1;;2*-1. The number of carbonyl (C=O) groups is 1. The number of rotatable bonds is 3. The van der Waals surface area contributed by atoms with E-state index in [0.717, 1.165) is 6.07 Å². The van der Waals surface area contributed by atoms with Gasteiger partial charge in [0.25, 0.3) is 0 Å². The number of hydrogen-bond donors (Lipinski definition) is 0. The van der Waals surface area contributed by atoms with Gasteiger partial charge in [0.15, 0.2) is 0 Å². The molecule has 1 aromatic carbocycles. The van der Waals surface area contributed by atoms with Gasteiger partial charge in [0.1, 0.15) is 0 Å². The van der Waals surface area contributed by atoms with Gasteiger partial charge in [-0.25, -0.2) is 4.79 Å². The number of esters is 1. The summed E-state index contributed by atoms with van der Waals surface area (Å²) in [4.78, 5) is 15.5. The quantitative estimate of drug-likeness (QED) is 0.406. The van der Waals surface area contributed by atoms with Gasteiger partial charge in [0, 0.05) is 31.9 Å². The van der Waals surface area contributed by atoms with Crippen LogP contribution in [0.3, 0.4) is 0 Å². The summed E-state index contributed by atoms with van der Waals surface area (Å²) in [6.45, 7) is 1.59. The fourth-order valence-electron chi connectivity index (χ4n) is 1.59. The fourth-order valence-corrected chi connectivity index (χ4v) is 1.59. The van der Waals surface area contributed by atoms with Crippen LogP contribution < -0.4 is 0 Å². The van der Waals surface area contributed by atoms with E-state index in [2.05, 4.69) is 15.8 Å². The molecule has 139 valence electrons. The molecule has 0 aliphatic heterocycles. The summed E-state index contributed by atoms with van der Waals surface area (Å²) in [6, 6.07) is 8.20. The van der Waals surface area contributed by atoms with Crippen molar-refractivity contribution >= 4 is 5.97 Å². The molecule has 0 aliphatic carbocycles. The molecule has 2 aromatic rings. The molecule has 24 heavy (non-hydrogen) atoms. The first-order valence-electron chi connectivity index (χ1n) is 5.63. The third-order valence-electron chi connectivity index (χ3n) is 2.42. The molecule has 0 saturated heterocycles. The van der Waals surface area contributed by atoms with Crippen molar-refractivity contribution in [2.24, 2.45) is 0 Å². The Hall–Kier alpha value is -1.73. The number of carbonyl (C=O) groups excluding carboxylic acids is 1. The number of nitrogens with two attached hydrogens (primary N) is 2. The van der Waals surface area contributed by atoms with Gasteiger partial charge >= 0.3 is 5.97 Å². The SMILES string of the molecule is CCOC(=O)c1c(F)c[c-]c(-c2ccccn2)c1F.[CH3-].[CH3-].[Ir].[NH2-].[NH2-]. The Morgan fingerprint density at radius 3 is 2.38 bits per heavy atom. The predicted octanol–water partition coefficient (Wildman–Crippen LogP) is 5.34. The van der Waals surface area contributed by atoms with Crippen LogP contribution in [0.5, 0.6) is 0 Å². The van der Waals surface area contributed by atoms with Gasteiger partial charge in [-0.05, 0) is 18.7 Å². The van der Waals surface area contributed by atoms with Crippen LogP contribution in [0.2, 0.25) is 0 Å². The number of benzene rings is 1. The van der Waals surface area contributed by atoms with Crippen molar-refractivity contribution in [1.82, 2.24) is 4.98 Å². The summed E-state index contributed by atoms with van der Waals surface area (Å²) in [5, 5.41) is 0. The van der Waals surface area contributed by atoms with Crippen molar-refractivity contribution in [1.29, 1.82) is 0 Å². The molecule has 0 atom stereocenters. The van der Waals surface area contributed by atoms with Crippen molar-refractivity contribution in [2.45, 2.75) is 6.92 Å². The summed E-state index contributed by atoms with van der Waals surface area (Å²) >= 11 is 0. The third-order valence-corrected chi connectivity index (χ3v) is 2.42. The van der Waals surface area contributed by atoms with Crippen LogP contribution in [0.25, 0.3) is 23.6 Å². The van der Waals surface area contributed by atoms with Crippen molar-refractivity contribution in [3.8, 4) is 11.3 Å². The van der Waals surface area contributed by atoms with Crippen LogP contribution in [-0.2, 0) is 24.8 Å². The first-order chi connectivity index (χ1) is 9.15. The maximum absolute atomic E-state index is 14.2. The van der Waals surface area contributed by atoms with Crippen molar-refractivity contribution in [3.05, 3.63) is 80.9 Å². The van der Waals surface area contributed by atoms with Crippen molar-refractivity contribution < 1.29 is 38.4 Å². The molecule has 0 aliphatic rings. The number of pyridine rings is 1. The van der Waals surface area contributed by atoms with Gasteiger partial charge in [-0.15, -0.1) is 12.1 Å². The molecule has 0 amide bonds. The predicted molar refractivity (Wildman–Crippen MR) is 87.8 cm³/mol. The normalized spacial score (nSPS) is 8.12. The zero-order valence-corrected chi connectivity index (χ0v) is 16.0. The Morgan fingerprint density at radius 1 is 1.25 bits per heavy atom. The minimum absolute atomic E-state index is 0. The molecule has 1 aromatic heterocycles. The van der Waals surface area contributed by atoms with Crippen LogP contribution in [0.15, 0.2) is 30.5 Å². The van der Waals surface area contributed by atoms with E-state index in [1.807, 2.05) is 0 Å². The molecule has 1 radical (unpaired) electrons. The number of halogens is 2. The number of ether oxygens (including phenoxy) is 1. The Kier molecular flexibility index (Phi) is 17.2. The Balaban J connectivity index is -0.000000400. The van der Waals surface area contributed by atoms with E-state index in [-0.39, 0.29) is 65.1 Å². The van der Waals surface area contributed by atoms with Gasteiger partial charge in [-0.2, -0.15) is 0 Å².